The Labute approximate surface area is 197 Å². The molecule has 0 unspecified atom stereocenters. The summed E-state index contributed by atoms with van der Waals surface area (Å²) in [6.07, 6.45) is 1.25. The second-order valence-electron chi connectivity index (χ2n) is 7.43. The molecular weight excluding hydrogens is 449 g/mol. The average Bonchev–Trinajstić information content (AvgIpc) is 2.94. The van der Waals surface area contributed by atoms with Gasteiger partial charge in [-0.25, -0.2) is 9.79 Å². The Morgan fingerprint density at radius 3 is 2.69 bits per heavy atom. The van der Waals surface area contributed by atoms with Crippen LogP contribution in [0.3, 0.4) is 0 Å². The van der Waals surface area contributed by atoms with Crippen LogP contribution in [0.2, 0.25) is 10.0 Å². The molecule has 9 heteroatoms. The summed E-state index contributed by atoms with van der Waals surface area (Å²) in [5, 5.41) is 5.44. The van der Waals surface area contributed by atoms with E-state index in [1.807, 2.05) is 55.4 Å². The summed E-state index contributed by atoms with van der Waals surface area (Å²) in [6, 6.07) is 12.9. The molecule has 1 heterocycles. The van der Waals surface area contributed by atoms with E-state index < -0.39 is 5.97 Å². The maximum atomic E-state index is 12.1. The van der Waals surface area contributed by atoms with Gasteiger partial charge in [-0.2, -0.15) is 5.10 Å². The molecule has 0 aromatic heterocycles. The maximum absolute atomic E-state index is 12.1. The van der Waals surface area contributed by atoms with Gasteiger partial charge < -0.3 is 9.64 Å². The Morgan fingerprint density at radius 2 is 1.97 bits per heavy atom. The molecular formula is C23H25Cl2N5O2. The lowest BCUT2D eigenvalue weighted by atomic mass is 10.0. The van der Waals surface area contributed by atoms with Gasteiger partial charge in [0, 0.05) is 27.6 Å². The minimum Gasteiger partial charge on any atom is -0.464 e. The van der Waals surface area contributed by atoms with E-state index in [1.165, 1.54) is 7.11 Å². The van der Waals surface area contributed by atoms with E-state index in [-0.39, 0.29) is 6.54 Å². The van der Waals surface area contributed by atoms with Crippen molar-refractivity contribution in [1.29, 1.82) is 0 Å². The second-order valence-corrected chi connectivity index (χ2v) is 8.28. The van der Waals surface area contributed by atoms with E-state index in [2.05, 4.69) is 15.5 Å². The highest BCUT2D eigenvalue weighted by atomic mass is 35.5. The Bertz CT molecular complexity index is 1080. The molecule has 1 aliphatic heterocycles. The second kappa shape index (κ2) is 11.2. The monoisotopic (exact) mass is 473 g/mol. The minimum absolute atomic E-state index is 0.225. The number of nitrogens with one attached hydrogen (secondary N) is 1. The fourth-order valence-corrected chi connectivity index (χ4v) is 3.57. The Kier molecular flexibility index (Phi) is 8.39. The van der Waals surface area contributed by atoms with Gasteiger partial charge in [0.15, 0.2) is 0 Å². The van der Waals surface area contributed by atoms with Gasteiger partial charge in [0.25, 0.3) is 0 Å². The summed E-state index contributed by atoms with van der Waals surface area (Å²) in [7, 11) is 5.30. The Balaban J connectivity index is 1.91. The van der Waals surface area contributed by atoms with Crippen LogP contribution < -0.4 is 5.43 Å². The number of hydrogen-bond donors (Lipinski definition) is 1. The molecule has 168 valence electrons. The lowest BCUT2D eigenvalue weighted by Gasteiger charge is -2.10. The number of carbonyl (C=O) groups excluding carboxylic acids is 1. The molecule has 2 aromatic rings. The molecule has 0 amide bonds. The van der Waals surface area contributed by atoms with Crippen molar-refractivity contribution < 1.29 is 9.53 Å². The summed E-state index contributed by atoms with van der Waals surface area (Å²) in [6.45, 7) is 1.05. The highest BCUT2D eigenvalue weighted by Gasteiger charge is 2.19. The van der Waals surface area contributed by atoms with Crippen LogP contribution in [0.25, 0.3) is 0 Å². The van der Waals surface area contributed by atoms with Crippen LogP contribution in [0.1, 0.15) is 24.0 Å². The SMILES string of the molecule is COC(=O)C(CCCN(C)C)=NNC1=Nc2ccc(Cl)cc2C(c2ccccc2Cl)=NC1. The quantitative estimate of drug-likeness (QED) is 0.368. The van der Waals surface area contributed by atoms with E-state index in [0.29, 0.717) is 39.4 Å². The fourth-order valence-electron chi connectivity index (χ4n) is 3.18. The number of methoxy groups -OCH3 is 1. The van der Waals surface area contributed by atoms with Crippen LogP contribution in [0.4, 0.5) is 5.69 Å². The third-order valence-electron chi connectivity index (χ3n) is 4.74. The molecule has 0 bridgehead atoms. The van der Waals surface area contributed by atoms with Crippen LogP contribution in [-0.4, -0.2) is 62.4 Å². The third kappa shape index (κ3) is 6.16. The molecule has 0 aliphatic carbocycles. The molecule has 0 saturated carbocycles. The zero-order valence-electron chi connectivity index (χ0n) is 18.2. The number of fused-ring (bicyclic) bond motifs is 1. The van der Waals surface area contributed by atoms with Gasteiger partial charge in [0.1, 0.15) is 11.5 Å². The molecule has 7 nitrogen and oxygen atoms in total. The average molecular weight is 474 g/mol. The number of rotatable bonds is 7. The molecule has 1 N–H and O–H groups in total. The van der Waals surface area contributed by atoms with Gasteiger partial charge in [-0.3, -0.25) is 10.4 Å². The maximum Gasteiger partial charge on any atom is 0.354 e. The van der Waals surface area contributed by atoms with E-state index in [0.717, 1.165) is 24.1 Å². The van der Waals surface area contributed by atoms with Crippen LogP contribution in [-0.2, 0) is 9.53 Å². The predicted octanol–water partition coefficient (Wildman–Crippen LogP) is 4.33. The molecule has 0 saturated heterocycles. The number of benzene rings is 2. The Morgan fingerprint density at radius 1 is 1.19 bits per heavy atom. The summed E-state index contributed by atoms with van der Waals surface area (Å²) < 4.78 is 4.87. The number of esters is 1. The number of aliphatic imine (C=N–C) groups is 2. The Hall–Kier alpha value is -2.74. The number of hydrazone groups is 1. The van der Waals surface area contributed by atoms with Crippen molar-refractivity contribution in [3.63, 3.8) is 0 Å². The summed E-state index contributed by atoms with van der Waals surface area (Å²) >= 11 is 12.7. The highest BCUT2D eigenvalue weighted by Crippen LogP contribution is 2.30. The lowest BCUT2D eigenvalue weighted by molar-refractivity contribution is -0.132. The van der Waals surface area contributed by atoms with Crippen molar-refractivity contribution in [2.45, 2.75) is 12.8 Å². The summed E-state index contributed by atoms with van der Waals surface area (Å²) in [4.78, 5) is 23.6. The van der Waals surface area contributed by atoms with Crippen molar-refractivity contribution in [1.82, 2.24) is 10.3 Å². The first-order valence-electron chi connectivity index (χ1n) is 10.1. The fraction of sp³-hybridized carbons (Fsp3) is 0.304. The first kappa shape index (κ1) is 23.9. The number of carbonyl (C=O) groups is 1. The van der Waals surface area contributed by atoms with Gasteiger partial charge in [0.2, 0.25) is 0 Å². The summed E-state index contributed by atoms with van der Waals surface area (Å²) in [5.41, 5.74) is 6.13. The zero-order valence-corrected chi connectivity index (χ0v) is 19.7. The van der Waals surface area contributed by atoms with E-state index in [1.54, 1.807) is 6.07 Å². The van der Waals surface area contributed by atoms with E-state index in [4.69, 9.17) is 32.9 Å². The number of halogens is 2. The van der Waals surface area contributed by atoms with Gasteiger partial charge in [-0.05, 0) is 51.3 Å². The van der Waals surface area contributed by atoms with Crippen molar-refractivity contribution in [3.05, 3.63) is 63.6 Å². The van der Waals surface area contributed by atoms with Crippen LogP contribution in [0, 0.1) is 0 Å². The molecule has 0 fully saturated rings. The normalized spacial score (nSPS) is 13.8. The lowest BCUT2D eigenvalue weighted by Crippen LogP contribution is -2.26. The predicted molar refractivity (Wildman–Crippen MR) is 131 cm³/mol. The molecule has 0 spiro atoms. The number of nitrogens with zero attached hydrogens (tertiary/aromatic N) is 4. The van der Waals surface area contributed by atoms with Crippen molar-refractivity contribution in [2.24, 2.45) is 15.1 Å². The van der Waals surface area contributed by atoms with Crippen LogP contribution in [0.15, 0.2) is 57.6 Å². The van der Waals surface area contributed by atoms with Gasteiger partial charge >= 0.3 is 5.97 Å². The molecule has 0 radical (unpaired) electrons. The third-order valence-corrected chi connectivity index (χ3v) is 5.31. The van der Waals surface area contributed by atoms with Crippen LogP contribution >= 0.6 is 23.2 Å². The van der Waals surface area contributed by atoms with E-state index in [9.17, 15) is 4.79 Å². The van der Waals surface area contributed by atoms with Crippen molar-refractivity contribution in [2.75, 3.05) is 34.3 Å². The van der Waals surface area contributed by atoms with Crippen molar-refractivity contribution in [3.8, 4) is 0 Å². The molecule has 1 aliphatic rings. The topological polar surface area (TPSA) is 78.6 Å². The largest absolute Gasteiger partial charge is 0.464 e. The van der Waals surface area contributed by atoms with E-state index >= 15 is 0 Å². The molecule has 2 aromatic carbocycles. The summed E-state index contributed by atoms with van der Waals surface area (Å²) in [5.74, 6) is 0.0163. The van der Waals surface area contributed by atoms with Crippen molar-refractivity contribution >= 4 is 52.1 Å². The standard InChI is InChI=1S/C23H25Cl2N5O2/c1-30(2)12-6-9-20(23(31)32-3)28-29-21-14-26-22(16-7-4-5-8-18(16)25)17-13-15(24)10-11-19(17)27-21/h4-5,7-8,10-11,13H,6,9,12,14H2,1-3H3,(H,27,29). The number of hydrogen-bond acceptors (Lipinski definition) is 7. The first-order chi connectivity index (χ1) is 15.4. The van der Waals surface area contributed by atoms with Gasteiger partial charge in [-0.1, -0.05) is 41.4 Å². The first-order valence-corrected chi connectivity index (χ1v) is 10.9. The van der Waals surface area contributed by atoms with Gasteiger partial charge in [0.05, 0.1) is 25.1 Å². The molecule has 32 heavy (non-hydrogen) atoms. The highest BCUT2D eigenvalue weighted by molar-refractivity contribution is 6.37. The van der Waals surface area contributed by atoms with Crippen LogP contribution in [0.5, 0.6) is 0 Å². The molecule has 3 rings (SSSR count). The van der Waals surface area contributed by atoms with Gasteiger partial charge in [-0.15, -0.1) is 0 Å². The smallest absolute Gasteiger partial charge is 0.354 e. The number of amidine groups is 1. The number of ether oxygens (including phenoxy) is 1. The zero-order chi connectivity index (χ0) is 23.1. The minimum atomic E-state index is -0.474. The molecule has 0 atom stereocenters.